The summed E-state index contributed by atoms with van der Waals surface area (Å²) in [4.78, 5) is 16.3. The minimum absolute atomic E-state index is 0.254. The normalized spacial score (nSPS) is 17.4. The lowest BCUT2D eigenvalue weighted by atomic mass is 9.88. The molecule has 0 N–H and O–H groups in total. The molecule has 0 bridgehead atoms. The second kappa shape index (κ2) is 9.70. The molecule has 8 heteroatoms. The summed E-state index contributed by atoms with van der Waals surface area (Å²) >= 11 is 0. The van der Waals surface area contributed by atoms with E-state index in [1.165, 1.54) is 55.5 Å². The average Bonchev–Trinajstić information content (AvgIpc) is 2.84. The van der Waals surface area contributed by atoms with Crippen LogP contribution in [-0.4, -0.2) is 32.8 Å². The molecule has 1 saturated carbocycles. The molecule has 5 nitrogen and oxygen atoms in total. The molecule has 0 atom stereocenters. The number of benzene rings is 1. The van der Waals surface area contributed by atoms with E-state index < -0.39 is 6.36 Å². The summed E-state index contributed by atoms with van der Waals surface area (Å²) in [6.07, 6.45) is 6.11. The summed E-state index contributed by atoms with van der Waals surface area (Å²) in [6.45, 7) is 2.39. The van der Waals surface area contributed by atoms with Crippen molar-refractivity contribution in [1.29, 1.82) is 0 Å². The van der Waals surface area contributed by atoms with Crippen LogP contribution in [0, 0.1) is 0 Å². The Kier molecular flexibility index (Phi) is 6.50. The molecule has 0 amide bonds. The molecule has 0 radical (unpaired) electrons. The number of halogens is 3. The Hall–Kier alpha value is -3.00. The van der Waals surface area contributed by atoms with E-state index in [1.54, 1.807) is 24.4 Å². The van der Waals surface area contributed by atoms with Gasteiger partial charge < -0.3 is 4.74 Å². The summed E-state index contributed by atoms with van der Waals surface area (Å²) in [6, 6.07) is 9.70. The molecule has 2 aliphatic rings. The van der Waals surface area contributed by atoms with Crippen molar-refractivity contribution in [2.45, 2.75) is 63.9 Å². The van der Waals surface area contributed by atoms with Gasteiger partial charge >= 0.3 is 6.36 Å². The second-order valence-corrected chi connectivity index (χ2v) is 9.09. The van der Waals surface area contributed by atoms with Gasteiger partial charge in [0.2, 0.25) is 0 Å². The van der Waals surface area contributed by atoms with Crippen molar-refractivity contribution in [1.82, 2.24) is 19.9 Å². The highest BCUT2D eigenvalue weighted by Gasteiger charge is 2.32. The molecule has 3 heterocycles. The minimum atomic E-state index is -4.75. The van der Waals surface area contributed by atoms with Crippen LogP contribution in [0.2, 0.25) is 0 Å². The molecule has 0 unspecified atom stereocenters. The lowest BCUT2D eigenvalue weighted by Gasteiger charge is -2.29. The zero-order valence-corrected chi connectivity index (χ0v) is 18.9. The molecular weight excluding hydrogens is 441 g/mol. The van der Waals surface area contributed by atoms with Gasteiger partial charge in [-0.1, -0.05) is 37.5 Å². The average molecular weight is 469 g/mol. The van der Waals surface area contributed by atoms with Crippen molar-refractivity contribution in [2.75, 3.05) is 6.54 Å². The molecule has 1 aromatic carbocycles. The number of pyridine rings is 1. The molecular formula is C26H27F3N4O. The molecule has 5 rings (SSSR count). The summed E-state index contributed by atoms with van der Waals surface area (Å²) < 4.78 is 42.3. The number of alkyl halides is 3. The molecule has 1 fully saturated rings. The topological polar surface area (TPSA) is 51.1 Å². The van der Waals surface area contributed by atoms with Crippen LogP contribution in [0.5, 0.6) is 5.75 Å². The van der Waals surface area contributed by atoms with Gasteiger partial charge in [-0.05, 0) is 36.6 Å². The van der Waals surface area contributed by atoms with Crippen molar-refractivity contribution in [3.63, 3.8) is 0 Å². The number of rotatable bonds is 5. The summed E-state index contributed by atoms with van der Waals surface area (Å²) in [5.41, 5.74) is 4.09. The highest BCUT2D eigenvalue weighted by Crippen LogP contribution is 2.33. The van der Waals surface area contributed by atoms with Crippen LogP contribution in [0.25, 0.3) is 11.3 Å². The molecule has 178 valence electrons. The Morgan fingerprint density at radius 1 is 0.971 bits per heavy atom. The molecule has 34 heavy (non-hydrogen) atoms. The van der Waals surface area contributed by atoms with E-state index in [0.29, 0.717) is 23.7 Å². The van der Waals surface area contributed by atoms with E-state index in [0.717, 1.165) is 30.9 Å². The van der Waals surface area contributed by atoms with Gasteiger partial charge in [-0.2, -0.15) is 0 Å². The van der Waals surface area contributed by atoms with Crippen LogP contribution in [-0.2, 0) is 19.5 Å². The Labute approximate surface area is 197 Å². The van der Waals surface area contributed by atoms with Gasteiger partial charge in [0.1, 0.15) is 11.6 Å². The van der Waals surface area contributed by atoms with Crippen molar-refractivity contribution in [3.05, 3.63) is 71.4 Å². The fourth-order valence-corrected chi connectivity index (χ4v) is 4.91. The molecule has 3 aromatic rings. The largest absolute Gasteiger partial charge is 0.573 e. The summed E-state index contributed by atoms with van der Waals surface area (Å²) in [5.74, 6) is 1.27. The predicted molar refractivity (Wildman–Crippen MR) is 122 cm³/mol. The van der Waals surface area contributed by atoms with Crippen molar-refractivity contribution in [2.24, 2.45) is 0 Å². The lowest BCUT2D eigenvalue weighted by molar-refractivity contribution is -0.274. The Bertz CT molecular complexity index is 1130. The van der Waals surface area contributed by atoms with E-state index in [4.69, 9.17) is 9.97 Å². The van der Waals surface area contributed by atoms with Gasteiger partial charge in [0.25, 0.3) is 0 Å². The van der Waals surface area contributed by atoms with Crippen molar-refractivity contribution in [3.8, 4) is 17.0 Å². The van der Waals surface area contributed by atoms with E-state index in [9.17, 15) is 13.2 Å². The van der Waals surface area contributed by atoms with Crippen LogP contribution < -0.4 is 4.74 Å². The van der Waals surface area contributed by atoms with Crippen LogP contribution in [0.1, 0.15) is 60.7 Å². The van der Waals surface area contributed by atoms with Gasteiger partial charge in [-0.3, -0.25) is 9.88 Å². The third-order valence-corrected chi connectivity index (χ3v) is 6.62. The van der Waals surface area contributed by atoms with Gasteiger partial charge in [0.15, 0.2) is 0 Å². The zero-order chi connectivity index (χ0) is 23.5. The fraction of sp³-hybridized carbons (Fsp3) is 0.423. The molecule has 1 aliphatic heterocycles. The summed E-state index contributed by atoms with van der Waals surface area (Å²) in [7, 11) is 0. The smallest absolute Gasteiger partial charge is 0.405 e. The third kappa shape index (κ3) is 5.38. The highest BCUT2D eigenvalue weighted by atomic mass is 19.4. The molecule has 1 aliphatic carbocycles. The first kappa shape index (κ1) is 22.8. The monoisotopic (exact) mass is 468 g/mol. The standard InChI is InChI=1S/C26H27F3N4O/c27-26(28,29)34-24-9-5-4-8-21(24)23-11-10-18(14-30-23)16-33-13-12-22-20(17-33)15-31-25(32-22)19-6-2-1-3-7-19/h4-5,8-11,14-15,19H,1-3,6-7,12-13,16-17H2. The van der Waals surface area contributed by atoms with Gasteiger partial charge in [0.05, 0.1) is 5.69 Å². The number of nitrogens with zero attached hydrogens (tertiary/aromatic N) is 4. The molecule has 0 saturated heterocycles. The zero-order valence-electron chi connectivity index (χ0n) is 18.9. The van der Waals surface area contributed by atoms with Crippen LogP contribution in [0.4, 0.5) is 13.2 Å². The van der Waals surface area contributed by atoms with Gasteiger partial charge in [-0.25, -0.2) is 9.97 Å². The van der Waals surface area contributed by atoms with Crippen molar-refractivity contribution >= 4 is 0 Å². The maximum atomic E-state index is 12.7. The van der Waals surface area contributed by atoms with E-state index in [2.05, 4.69) is 14.6 Å². The van der Waals surface area contributed by atoms with Crippen LogP contribution in [0.3, 0.4) is 0 Å². The molecule has 0 spiro atoms. The summed E-state index contributed by atoms with van der Waals surface area (Å²) in [5, 5.41) is 0. The van der Waals surface area contributed by atoms with E-state index in [1.807, 2.05) is 12.3 Å². The quantitative estimate of drug-likeness (QED) is 0.457. The number of para-hydroxylation sites is 1. The fourth-order valence-electron chi connectivity index (χ4n) is 4.91. The second-order valence-electron chi connectivity index (χ2n) is 9.09. The number of hydrogen-bond donors (Lipinski definition) is 0. The Balaban J connectivity index is 1.24. The minimum Gasteiger partial charge on any atom is -0.405 e. The highest BCUT2D eigenvalue weighted by molar-refractivity contribution is 5.67. The number of hydrogen-bond acceptors (Lipinski definition) is 5. The van der Waals surface area contributed by atoms with E-state index in [-0.39, 0.29) is 5.75 Å². The first-order valence-corrected chi connectivity index (χ1v) is 11.8. The van der Waals surface area contributed by atoms with Gasteiger partial charge in [0, 0.05) is 61.2 Å². The first-order chi connectivity index (χ1) is 16.4. The number of fused-ring (bicyclic) bond motifs is 1. The first-order valence-electron chi connectivity index (χ1n) is 11.8. The maximum Gasteiger partial charge on any atom is 0.573 e. The third-order valence-electron chi connectivity index (χ3n) is 6.62. The lowest BCUT2D eigenvalue weighted by Crippen LogP contribution is -2.31. The Morgan fingerprint density at radius 3 is 2.56 bits per heavy atom. The number of aromatic nitrogens is 3. The molecule has 2 aromatic heterocycles. The van der Waals surface area contributed by atoms with E-state index >= 15 is 0 Å². The number of ether oxygens (including phenoxy) is 1. The van der Waals surface area contributed by atoms with Crippen LogP contribution in [0.15, 0.2) is 48.8 Å². The van der Waals surface area contributed by atoms with Crippen molar-refractivity contribution < 1.29 is 17.9 Å². The Morgan fingerprint density at radius 2 is 1.79 bits per heavy atom. The van der Waals surface area contributed by atoms with Crippen LogP contribution >= 0.6 is 0 Å². The SMILES string of the molecule is FC(F)(F)Oc1ccccc1-c1ccc(CN2CCc3nc(C4CCCCC4)ncc3C2)cn1. The van der Waals surface area contributed by atoms with Gasteiger partial charge in [-0.15, -0.1) is 13.2 Å². The predicted octanol–water partition coefficient (Wildman–Crippen LogP) is 6.04. The maximum absolute atomic E-state index is 12.7.